The lowest BCUT2D eigenvalue weighted by Gasteiger charge is -2.24. The SMILES string of the molecule is O=C(O)c1cncnc1CN1CCCCCCC1=O. The van der Waals surface area contributed by atoms with Gasteiger partial charge in [-0.05, 0) is 12.8 Å². The van der Waals surface area contributed by atoms with Crippen LogP contribution in [-0.4, -0.2) is 38.4 Å². The summed E-state index contributed by atoms with van der Waals surface area (Å²) in [5.74, 6) is -0.982. The monoisotopic (exact) mass is 263 g/mol. The van der Waals surface area contributed by atoms with Gasteiger partial charge in [-0.25, -0.2) is 14.8 Å². The number of carboxylic acid groups (broad SMARTS) is 1. The molecule has 0 spiro atoms. The van der Waals surface area contributed by atoms with E-state index in [9.17, 15) is 9.59 Å². The molecular formula is C13H17N3O3. The molecule has 1 N–H and O–H groups in total. The van der Waals surface area contributed by atoms with E-state index in [1.54, 1.807) is 4.90 Å². The third-order valence-electron chi connectivity index (χ3n) is 3.29. The molecule has 1 aromatic rings. The first-order chi connectivity index (χ1) is 9.18. The first kappa shape index (κ1) is 13.5. The van der Waals surface area contributed by atoms with E-state index in [4.69, 9.17) is 5.11 Å². The molecule has 0 aromatic carbocycles. The zero-order chi connectivity index (χ0) is 13.7. The van der Waals surface area contributed by atoms with E-state index in [2.05, 4.69) is 9.97 Å². The van der Waals surface area contributed by atoms with E-state index in [0.29, 0.717) is 18.7 Å². The van der Waals surface area contributed by atoms with Gasteiger partial charge in [0.2, 0.25) is 5.91 Å². The number of aromatic nitrogens is 2. The number of hydrogen-bond donors (Lipinski definition) is 1. The molecule has 1 amide bonds. The van der Waals surface area contributed by atoms with Gasteiger partial charge in [0.25, 0.3) is 0 Å². The van der Waals surface area contributed by atoms with Crippen LogP contribution in [0.4, 0.5) is 0 Å². The average molecular weight is 263 g/mol. The molecule has 19 heavy (non-hydrogen) atoms. The van der Waals surface area contributed by atoms with E-state index in [1.165, 1.54) is 12.5 Å². The number of rotatable bonds is 3. The smallest absolute Gasteiger partial charge is 0.339 e. The molecule has 6 nitrogen and oxygen atoms in total. The van der Waals surface area contributed by atoms with Crippen LogP contribution in [0.15, 0.2) is 12.5 Å². The number of carboxylic acids is 1. The Morgan fingerprint density at radius 1 is 1.32 bits per heavy atom. The maximum absolute atomic E-state index is 12.0. The van der Waals surface area contributed by atoms with Gasteiger partial charge in [0.15, 0.2) is 0 Å². The first-order valence-corrected chi connectivity index (χ1v) is 6.48. The van der Waals surface area contributed by atoms with Gasteiger partial charge in [-0.2, -0.15) is 0 Å². The zero-order valence-electron chi connectivity index (χ0n) is 10.7. The van der Waals surface area contributed by atoms with Crippen molar-refractivity contribution in [3.8, 4) is 0 Å². The van der Waals surface area contributed by atoms with Crippen molar-refractivity contribution in [1.29, 1.82) is 0 Å². The van der Waals surface area contributed by atoms with Crippen LogP contribution in [0.5, 0.6) is 0 Å². The second-order valence-corrected chi connectivity index (χ2v) is 4.67. The van der Waals surface area contributed by atoms with Crippen molar-refractivity contribution in [3.63, 3.8) is 0 Å². The van der Waals surface area contributed by atoms with Crippen LogP contribution in [0, 0.1) is 0 Å². The zero-order valence-corrected chi connectivity index (χ0v) is 10.7. The van der Waals surface area contributed by atoms with Crippen molar-refractivity contribution in [2.45, 2.75) is 38.6 Å². The first-order valence-electron chi connectivity index (χ1n) is 6.48. The van der Waals surface area contributed by atoms with Crippen molar-refractivity contribution in [2.24, 2.45) is 0 Å². The standard InChI is InChI=1S/C13H17N3O3/c17-12-5-3-1-2-4-6-16(12)8-11-10(13(18)19)7-14-9-15-11/h7,9H,1-6,8H2,(H,18,19). The second-order valence-electron chi connectivity index (χ2n) is 4.67. The molecular weight excluding hydrogens is 246 g/mol. The van der Waals surface area contributed by atoms with Gasteiger partial charge in [-0.3, -0.25) is 4.79 Å². The summed E-state index contributed by atoms with van der Waals surface area (Å²) in [7, 11) is 0. The van der Waals surface area contributed by atoms with E-state index < -0.39 is 5.97 Å². The topological polar surface area (TPSA) is 83.4 Å². The molecule has 1 aromatic heterocycles. The Kier molecular flexibility index (Phi) is 4.43. The van der Waals surface area contributed by atoms with Crippen molar-refractivity contribution >= 4 is 11.9 Å². The largest absolute Gasteiger partial charge is 0.478 e. The highest BCUT2D eigenvalue weighted by molar-refractivity contribution is 5.88. The summed E-state index contributed by atoms with van der Waals surface area (Å²) in [4.78, 5) is 32.5. The Hall–Kier alpha value is -1.98. The predicted molar refractivity (Wildman–Crippen MR) is 67.5 cm³/mol. The molecule has 1 aliphatic rings. The van der Waals surface area contributed by atoms with E-state index in [0.717, 1.165) is 25.7 Å². The summed E-state index contributed by atoms with van der Waals surface area (Å²) >= 11 is 0. The normalized spacial score (nSPS) is 16.8. The molecule has 1 fully saturated rings. The maximum Gasteiger partial charge on any atom is 0.339 e. The highest BCUT2D eigenvalue weighted by atomic mass is 16.4. The third kappa shape index (κ3) is 3.49. The average Bonchev–Trinajstić information content (AvgIpc) is 2.39. The third-order valence-corrected chi connectivity index (χ3v) is 3.29. The number of nitrogens with zero attached hydrogens (tertiary/aromatic N) is 3. The van der Waals surface area contributed by atoms with Gasteiger partial charge in [0.05, 0.1) is 12.2 Å². The molecule has 2 rings (SSSR count). The van der Waals surface area contributed by atoms with Crippen LogP contribution >= 0.6 is 0 Å². The number of likely N-dealkylation sites (tertiary alicyclic amines) is 1. The fourth-order valence-electron chi connectivity index (χ4n) is 2.22. The summed E-state index contributed by atoms with van der Waals surface area (Å²) in [5.41, 5.74) is 0.466. The number of aromatic carboxylic acids is 1. The fraction of sp³-hybridized carbons (Fsp3) is 0.538. The Bertz CT molecular complexity index is 476. The Morgan fingerprint density at radius 2 is 2.11 bits per heavy atom. The number of amides is 1. The molecule has 6 heteroatoms. The Labute approximate surface area is 111 Å². The van der Waals surface area contributed by atoms with Crippen LogP contribution in [0.1, 0.15) is 48.2 Å². The lowest BCUT2D eigenvalue weighted by atomic mass is 10.1. The van der Waals surface area contributed by atoms with Crippen molar-refractivity contribution in [1.82, 2.24) is 14.9 Å². The molecule has 1 aliphatic heterocycles. The summed E-state index contributed by atoms with van der Waals surface area (Å²) in [5, 5.41) is 9.08. The number of carbonyl (C=O) groups is 2. The quantitative estimate of drug-likeness (QED) is 0.892. The fourth-order valence-corrected chi connectivity index (χ4v) is 2.22. The minimum absolute atomic E-state index is 0.0670. The van der Waals surface area contributed by atoms with Crippen LogP contribution in [-0.2, 0) is 11.3 Å². The highest BCUT2D eigenvalue weighted by Gasteiger charge is 2.19. The second kappa shape index (κ2) is 6.26. The predicted octanol–water partition coefficient (Wildman–Crippen LogP) is 1.47. The van der Waals surface area contributed by atoms with Crippen LogP contribution < -0.4 is 0 Å². The molecule has 0 bridgehead atoms. The molecule has 102 valence electrons. The summed E-state index contributed by atoms with van der Waals surface area (Å²) in [6, 6.07) is 0. The van der Waals surface area contributed by atoms with Crippen molar-refractivity contribution in [2.75, 3.05) is 6.54 Å². The van der Waals surface area contributed by atoms with Crippen LogP contribution in [0.25, 0.3) is 0 Å². The number of carbonyl (C=O) groups excluding carboxylic acids is 1. The molecule has 0 unspecified atom stereocenters. The Balaban J connectivity index is 2.14. The molecule has 0 radical (unpaired) electrons. The molecule has 2 heterocycles. The van der Waals surface area contributed by atoms with Gasteiger partial charge >= 0.3 is 5.97 Å². The van der Waals surface area contributed by atoms with Crippen LogP contribution in [0.3, 0.4) is 0 Å². The van der Waals surface area contributed by atoms with Gasteiger partial charge in [-0.15, -0.1) is 0 Å². The van der Waals surface area contributed by atoms with Gasteiger partial charge in [0, 0.05) is 19.2 Å². The molecule has 0 saturated carbocycles. The molecule has 1 saturated heterocycles. The Morgan fingerprint density at radius 3 is 2.89 bits per heavy atom. The van der Waals surface area contributed by atoms with E-state index in [-0.39, 0.29) is 18.0 Å². The minimum Gasteiger partial charge on any atom is -0.478 e. The lowest BCUT2D eigenvalue weighted by Crippen LogP contribution is -2.33. The van der Waals surface area contributed by atoms with Crippen molar-refractivity contribution in [3.05, 3.63) is 23.8 Å². The summed E-state index contributed by atoms with van der Waals surface area (Å²) in [6.07, 6.45) is 7.19. The van der Waals surface area contributed by atoms with Crippen molar-refractivity contribution < 1.29 is 14.7 Å². The lowest BCUT2D eigenvalue weighted by molar-refractivity contribution is -0.132. The summed E-state index contributed by atoms with van der Waals surface area (Å²) in [6.45, 7) is 0.922. The van der Waals surface area contributed by atoms with E-state index in [1.807, 2.05) is 0 Å². The van der Waals surface area contributed by atoms with Gasteiger partial charge in [0.1, 0.15) is 11.9 Å². The van der Waals surface area contributed by atoms with E-state index >= 15 is 0 Å². The minimum atomic E-state index is -1.06. The summed E-state index contributed by atoms with van der Waals surface area (Å²) < 4.78 is 0. The maximum atomic E-state index is 12.0. The van der Waals surface area contributed by atoms with Crippen LogP contribution in [0.2, 0.25) is 0 Å². The molecule has 0 atom stereocenters. The number of hydrogen-bond acceptors (Lipinski definition) is 4. The highest BCUT2D eigenvalue weighted by Crippen LogP contribution is 2.15. The van der Waals surface area contributed by atoms with Gasteiger partial charge < -0.3 is 10.0 Å². The molecule has 0 aliphatic carbocycles. The van der Waals surface area contributed by atoms with Gasteiger partial charge in [-0.1, -0.05) is 12.8 Å².